The number of carbonyl (C=O) groups excluding carboxylic acids is 2. The molecule has 194 valence electrons. The fourth-order valence-electron chi connectivity index (χ4n) is 5.21. The Balaban J connectivity index is 1.24. The van der Waals surface area contributed by atoms with E-state index in [4.69, 9.17) is 0 Å². The van der Waals surface area contributed by atoms with E-state index in [1.807, 2.05) is 54.6 Å². The molecule has 1 aliphatic heterocycles. The van der Waals surface area contributed by atoms with Crippen LogP contribution >= 0.6 is 0 Å². The van der Waals surface area contributed by atoms with Crippen LogP contribution in [0.3, 0.4) is 0 Å². The molecule has 7 nitrogen and oxygen atoms in total. The first-order chi connectivity index (χ1) is 18.5. The van der Waals surface area contributed by atoms with Crippen LogP contribution in [0.25, 0.3) is 11.0 Å². The van der Waals surface area contributed by atoms with Gasteiger partial charge < -0.3 is 14.8 Å². The van der Waals surface area contributed by atoms with Crippen LogP contribution < -0.4 is 5.32 Å². The minimum Gasteiger partial charge on any atom is -0.342 e. The quantitative estimate of drug-likeness (QED) is 0.373. The van der Waals surface area contributed by atoms with Crippen molar-refractivity contribution in [2.75, 3.05) is 6.54 Å². The van der Waals surface area contributed by atoms with Gasteiger partial charge in [-0.05, 0) is 42.5 Å². The van der Waals surface area contributed by atoms with Gasteiger partial charge in [0.2, 0.25) is 17.8 Å². The molecule has 4 aromatic rings. The molecule has 2 aromatic carbocycles. The van der Waals surface area contributed by atoms with Gasteiger partial charge in [-0.25, -0.2) is 14.4 Å². The summed E-state index contributed by atoms with van der Waals surface area (Å²) in [5, 5.41) is 2.93. The standard InChI is InChI=1S/C29H27F2N5O2/c30-20-14-25(36(15-20)26(37)16-35-17-32-22-8-4-5-9-24(22)35)29(38)34-27(19-6-2-1-3-7-19)23-13-12-21(18-10-11-18)28(31)33-23/h1-9,12-13,17-18,20,25,27H,10-11,14-16H2,(H,34,38). The van der Waals surface area contributed by atoms with Gasteiger partial charge in [0.05, 0.1) is 35.6 Å². The molecule has 0 spiro atoms. The van der Waals surface area contributed by atoms with E-state index < -0.39 is 30.1 Å². The van der Waals surface area contributed by atoms with Gasteiger partial charge in [-0.1, -0.05) is 48.5 Å². The number of pyridine rings is 1. The van der Waals surface area contributed by atoms with E-state index in [0.717, 1.165) is 23.9 Å². The molecule has 6 rings (SSSR count). The van der Waals surface area contributed by atoms with E-state index in [1.54, 1.807) is 23.0 Å². The average molecular weight is 516 g/mol. The Bertz CT molecular complexity index is 1490. The van der Waals surface area contributed by atoms with Crippen molar-refractivity contribution in [3.05, 3.63) is 95.8 Å². The van der Waals surface area contributed by atoms with E-state index in [1.165, 1.54) is 4.90 Å². The van der Waals surface area contributed by atoms with Crippen LogP contribution in [0, 0.1) is 5.95 Å². The zero-order valence-electron chi connectivity index (χ0n) is 20.6. The van der Waals surface area contributed by atoms with Gasteiger partial charge in [0, 0.05) is 12.0 Å². The Morgan fingerprint density at radius 3 is 2.55 bits per heavy atom. The molecule has 2 aromatic heterocycles. The SMILES string of the molecule is O=C(NC(c1ccccc1)c1ccc(C2CC2)c(F)n1)C1CC(F)CN1C(=O)Cn1cnc2ccccc21. The molecule has 1 aliphatic carbocycles. The lowest BCUT2D eigenvalue weighted by Crippen LogP contribution is -2.48. The van der Waals surface area contributed by atoms with Crippen LogP contribution in [0.1, 0.15) is 48.0 Å². The van der Waals surface area contributed by atoms with Gasteiger partial charge in [-0.15, -0.1) is 0 Å². The Morgan fingerprint density at radius 1 is 1.03 bits per heavy atom. The highest BCUT2D eigenvalue weighted by atomic mass is 19.1. The van der Waals surface area contributed by atoms with Crippen molar-refractivity contribution in [2.45, 2.75) is 50.0 Å². The molecular weight excluding hydrogens is 488 g/mol. The lowest BCUT2D eigenvalue weighted by atomic mass is 10.0. The van der Waals surface area contributed by atoms with Gasteiger partial charge in [0.25, 0.3) is 0 Å². The number of likely N-dealkylation sites (tertiary alicyclic amines) is 1. The molecule has 3 unspecified atom stereocenters. The van der Waals surface area contributed by atoms with E-state index in [0.29, 0.717) is 16.8 Å². The van der Waals surface area contributed by atoms with Gasteiger partial charge >= 0.3 is 0 Å². The Hall–Kier alpha value is -4.14. The summed E-state index contributed by atoms with van der Waals surface area (Å²) >= 11 is 0. The number of amides is 2. The third-order valence-corrected chi connectivity index (χ3v) is 7.34. The predicted molar refractivity (Wildman–Crippen MR) is 137 cm³/mol. The molecule has 2 aliphatic rings. The highest BCUT2D eigenvalue weighted by Crippen LogP contribution is 2.41. The number of rotatable bonds is 7. The van der Waals surface area contributed by atoms with Gasteiger partial charge in [0.15, 0.2) is 0 Å². The molecule has 0 bridgehead atoms. The summed E-state index contributed by atoms with van der Waals surface area (Å²) in [5.41, 5.74) is 3.18. The smallest absolute Gasteiger partial charge is 0.243 e. The van der Waals surface area contributed by atoms with Crippen molar-refractivity contribution in [3.63, 3.8) is 0 Å². The highest BCUT2D eigenvalue weighted by Gasteiger charge is 2.41. The van der Waals surface area contributed by atoms with Crippen molar-refractivity contribution < 1.29 is 18.4 Å². The molecule has 2 fully saturated rings. The fourth-order valence-corrected chi connectivity index (χ4v) is 5.21. The summed E-state index contributed by atoms with van der Waals surface area (Å²) in [6.07, 6.45) is 2.03. The summed E-state index contributed by atoms with van der Waals surface area (Å²) in [6, 6.07) is 18.3. The zero-order valence-corrected chi connectivity index (χ0v) is 20.6. The molecule has 1 saturated heterocycles. The number of imidazole rings is 1. The number of hydrogen-bond acceptors (Lipinski definition) is 4. The van der Waals surface area contributed by atoms with Gasteiger partial charge in [-0.3, -0.25) is 9.59 Å². The van der Waals surface area contributed by atoms with Crippen LogP contribution in [0.4, 0.5) is 8.78 Å². The maximum atomic E-state index is 14.8. The predicted octanol–water partition coefficient (Wildman–Crippen LogP) is 4.29. The summed E-state index contributed by atoms with van der Waals surface area (Å²) in [5.74, 6) is -1.21. The van der Waals surface area contributed by atoms with Crippen molar-refractivity contribution in [3.8, 4) is 0 Å². The fraction of sp³-hybridized carbons (Fsp3) is 0.310. The van der Waals surface area contributed by atoms with Crippen molar-refractivity contribution in [1.29, 1.82) is 0 Å². The van der Waals surface area contributed by atoms with Crippen LogP contribution in [0.5, 0.6) is 0 Å². The third-order valence-electron chi connectivity index (χ3n) is 7.34. The number of para-hydroxylation sites is 2. The van der Waals surface area contributed by atoms with Crippen LogP contribution in [0.15, 0.2) is 73.1 Å². The number of hydrogen-bond donors (Lipinski definition) is 1. The second kappa shape index (κ2) is 9.96. The largest absolute Gasteiger partial charge is 0.342 e. The van der Waals surface area contributed by atoms with Crippen molar-refractivity contribution in [1.82, 2.24) is 24.8 Å². The number of aromatic nitrogens is 3. The number of alkyl halides is 1. The lowest BCUT2D eigenvalue weighted by Gasteiger charge is -2.27. The molecule has 0 radical (unpaired) electrons. The molecular formula is C29H27F2N5O2. The minimum atomic E-state index is -1.32. The van der Waals surface area contributed by atoms with Crippen molar-refractivity contribution >= 4 is 22.8 Å². The summed E-state index contributed by atoms with van der Waals surface area (Å²) in [7, 11) is 0. The van der Waals surface area contributed by atoms with E-state index in [2.05, 4.69) is 15.3 Å². The van der Waals surface area contributed by atoms with Crippen LogP contribution in [0.2, 0.25) is 0 Å². The van der Waals surface area contributed by atoms with Gasteiger partial charge in [-0.2, -0.15) is 4.39 Å². The second-order valence-corrected chi connectivity index (χ2v) is 10.00. The third kappa shape index (κ3) is 4.76. The number of benzene rings is 2. The second-order valence-electron chi connectivity index (χ2n) is 10.00. The first-order valence-electron chi connectivity index (χ1n) is 12.8. The van der Waals surface area contributed by atoms with E-state index in [9.17, 15) is 18.4 Å². The summed E-state index contributed by atoms with van der Waals surface area (Å²) in [4.78, 5) is 36.6. The monoisotopic (exact) mass is 515 g/mol. The normalized spacial score (nSPS) is 20.0. The molecule has 38 heavy (non-hydrogen) atoms. The maximum absolute atomic E-state index is 14.8. The Labute approximate surface area is 218 Å². The number of fused-ring (bicyclic) bond motifs is 1. The molecule has 2 amide bonds. The number of nitrogens with zero attached hydrogens (tertiary/aromatic N) is 4. The summed E-state index contributed by atoms with van der Waals surface area (Å²) in [6.45, 7) is -0.225. The van der Waals surface area contributed by atoms with E-state index >= 15 is 0 Å². The molecule has 1 saturated carbocycles. The topological polar surface area (TPSA) is 80.1 Å². The molecule has 1 N–H and O–H groups in total. The first kappa shape index (κ1) is 24.2. The zero-order chi connectivity index (χ0) is 26.2. The average Bonchev–Trinajstić information content (AvgIpc) is 3.58. The Morgan fingerprint density at radius 2 is 1.79 bits per heavy atom. The van der Waals surface area contributed by atoms with Crippen molar-refractivity contribution in [2.24, 2.45) is 0 Å². The van der Waals surface area contributed by atoms with E-state index in [-0.39, 0.29) is 31.3 Å². The lowest BCUT2D eigenvalue weighted by molar-refractivity contribution is -0.139. The Kier molecular flexibility index (Phi) is 6.35. The highest BCUT2D eigenvalue weighted by molar-refractivity contribution is 5.89. The summed E-state index contributed by atoms with van der Waals surface area (Å²) < 4.78 is 31.1. The maximum Gasteiger partial charge on any atom is 0.243 e. The first-order valence-corrected chi connectivity index (χ1v) is 12.8. The van der Waals surface area contributed by atoms with Crippen LogP contribution in [-0.2, 0) is 16.1 Å². The number of nitrogens with one attached hydrogen (secondary N) is 1. The number of halogens is 2. The molecule has 9 heteroatoms. The molecule has 3 atom stereocenters. The molecule has 3 heterocycles. The minimum absolute atomic E-state index is 0.0610. The van der Waals surface area contributed by atoms with Gasteiger partial charge in [0.1, 0.15) is 18.8 Å². The van der Waals surface area contributed by atoms with Crippen LogP contribution in [-0.4, -0.2) is 50.0 Å². The number of carbonyl (C=O) groups is 2.